The first-order chi connectivity index (χ1) is 10.0. The van der Waals surface area contributed by atoms with Gasteiger partial charge in [-0.3, -0.25) is 0 Å². The Bertz CT molecular complexity index is 578. The zero-order valence-corrected chi connectivity index (χ0v) is 13.3. The van der Waals surface area contributed by atoms with Gasteiger partial charge in [0.05, 0.1) is 0 Å². The minimum Gasteiger partial charge on any atom is -0.306 e. The highest BCUT2D eigenvalue weighted by molar-refractivity contribution is 5.31. The van der Waals surface area contributed by atoms with Gasteiger partial charge in [-0.1, -0.05) is 43.3 Å². The molecule has 1 N–H and O–H groups in total. The molecule has 1 atom stereocenters. The first-order valence-corrected chi connectivity index (χ1v) is 7.59. The van der Waals surface area contributed by atoms with Crippen molar-refractivity contribution in [2.75, 3.05) is 0 Å². The second kappa shape index (κ2) is 6.86. The standard InChI is InChI=1S/C19H24FN/c1-5-16-6-8-18(9-7-16)15(4)21-12-17-10-13(2)19(20)14(3)11-17/h6-11,15,21H,5,12H2,1-4H3. The molecular weight excluding hydrogens is 261 g/mol. The molecule has 2 aromatic rings. The van der Waals surface area contributed by atoms with Crippen molar-refractivity contribution in [3.8, 4) is 0 Å². The van der Waals surface area contributed by atoms with Crippen LogP contribution in [-0.2, 0) is 13.0 Å². The van der Waals surface area contributed by atoms with Gasteiger partial charge in [-0.25, -0.2) is 4.39 Å². The molecule has 0 spiro atoms. The van der Waals surface area contributed by atoms with Gasteiger partial charge in [0.15, 0.2) is 0 Å². The molecule has 0 aliphatic carbocycles. The van der Waals surface area contributed by atoms with Gasteiger partial charge in [0.2, 0.25) is 0 Å². The predicted octanol–water partition coefficient (Wildman–Crippen LogP) is 4.86. The first-order valence-electron chi connectivity index (χ1n) is 7.59. The van der Waals surface area contributed by atoms with Gasteiger partial charge in [0, 0.05) is 12.6 Å². The molecule has 0 aromatic heterocycles. The lowest BCUT2D eigenvalue weighted by molar-refractivity contribution is 0.570. The van der Waals surface area contributed by atoms with E-state index in [0.717, 1.165) is 18.5 Å². The summed E-state index contributed by atoms with van der Waals surface area (Å²) in [5.41, 5.74) is 5.19. The summed E-state index contributed by atoms with van der Waals surface area (Å²) in [6.45, 7) is 8.70. The maximum absolute atomic E-state index is 13.6. The highest BCUT2D eigenvalue weighted by Crippen LogP contribution is 2.17. The van der Waals surface area contributed by atoms with Crippen LogP contribution in [0.15, 0.2) is 36.4 Å². The minimum atomic E-state index is -0.0954. The number of rotatable bonds is 5. The van der Waals surface area contributed by atoms with E-state index in [2.05, 4.69) is 43.4 Å². The van der Waals surface area contributed by atoms with Crippen molar-refractivity contribution in [2.24, 2.45) is 0 Å². The molecule has 21 heavy (non-hydrogen) atoms. The average Bonchev–Trinajstić information content (AvgIpc) is 2.50. The number of hydrogen-bond donors (Lipinski definition) is 1. The third-order valence-corrected chi connectivity index (χ3v) is 4.00. The van der Waals surface area contributed by atoms with E-state index in [-0.39, 0.29) is 11.9 Å². The zero-order chi connectivity index (χ0) is 15.4. The summed E-state index contributed by atoms with van der Waals surface area (Å²) in [6.07, 6.45) is 1.07. The summed E-state index contributed by atoms with van der Waals surface area (Å²) in [4.78, 5) is 0. The highest BCUT2D eigenvalue weighted by atomic mass is 19.1. The summed E-state index contributed by atoms with van der Waals surface area (Å²) in [5.74, 6) is -0.0954. The van der Waals surface area contributed by atoms with Crippen molar-refractivity contribution in [3.63, 3.8) is 0 Å². The summed E-state index contributed by atoms with van der Waals surface area (Å²) in [5, 5.41) is 3.50. The van der Waals surface area contributed by atoms with Crippen LogP contribution >= 0.6 is 0 Å². The molecule has 0 aliphatic rings. The Morgan fingerprint density at radius 2 is 1.57 bits per heavy atom. The van der Waals surface area contributed by atoms with Gasteiger partial charge in [-0.15, -0.1) is 0 Å². The Balaban J connectivity index is 2.01. The molecule has 2 aromatic carbocycles. The second-order valence-electron chi connectivity index (χ2n) is 5.74. The number of aryl methyl sites for hydroxylation is 3. The van der Waals surface area contributed by atoms with Crippen molar-refractivity contribution >= 4 is 0 Å². The second-order valence-corrected chi connectivity index (χ2v) is 5.74. The van der Waals surface area contributed by atoms with Crippen LogP contribution in [0, 0.1) is 19.7 Å². The van der Waals surface area contributed by atoms with Gasteiger partial charge in [0.1, 0.15) is 5.82 Å². The first kappa shape index (κ1) is 15.7. The van der Waals surface area contributed by atoms with E-state index in [1.807, 2.05) is 26.0 Å². The van der Waals surface area contributed by atoms with Crippen LogP contribution in [-0.4, -0.2) is 0 Å². The van der Waals surface area contributed by atoms with Crippen LogP contribution in [0.2, 0.25) is 0 Å². The monoisotopic (exact) mass is 285 g/mol. The Morgan fingerprint density at radius 1 is 1.00 bits per heavy atom. The van der Waals surface area contributed by atoms with Crippen LogP contribution in [0.1, 0.15) is 47.7 Å². The summed E-state index contributed by atoms with van der Waals surface area (Å²) in [6, 6.07) is 12.8. The van der Waals surface area contributed by atoms with Gasteiger partial charge < -0.3 is 5.32 Å². The minimum absolute atomic E-state index is 0.0954. The Hall–Kier alpha value is -1.67. The Morgan fingerprint density at radius 3 is 2.10 bits per heavy atom. The van der Waals surface area contributed by atoms with E-state index in [0.29, 0.717) is 11.1 Å². The molecule has 0 bridgehead atoms. The van der Waals surface area contributed by atoms with Crippen molar-refractivity contribution in [2.45, 2.75) is 46.7 Å². The molecule has 1 unspecified atom stereocenters. The van der Waals surface area contributed by atoms with Crippen LogP contribution in [0.5, 0.6) is 0 Å². The fourth-order valence-electron chi connectivity index (χ4n) is 2.57. The van der Waals surface area contributed by atoms with Crippen LogP contribution < -0.4 is 5.32 Å². The summed E-state index contributed by atoms with van der Waals surface area (Å²) in [7, 11) is 0. The van der Waals surface area contributed by atoms with E-state index in [9.17, 15) is 4.39 Å². The van der Waals surface area contributed by atoms with Crippen LogP contribution in [0.25, 0.3) is 0 Å². The molecule has 0 heterocycles. The van der Waals surface area contributed by atoms with Crippen molar-refractivity contribution < 1.29 is 4.39 Å². The molecule has 0 aliphatic heterocycles. The highest BCUT2D eigenvalue weighted by Gasteiger charge is 2.07. The van der Waals surface area contributed by atoms with Gasteiger partial charge in [-0.2, -0.15) is 0 Å². The molecule has 1 nitrogen and oxygen atoms in total. The SMILES string of the molecule is CCc1ccc(C(C)NCc2cc(C)c(F)c(C)c2)cc1. The molecule has 112 valence electrons. The third-order valence-electron chi connectivity index (χ3n) is 4.00. The maximum Gasteiger partial charge on any atom is 0.129 e. The summed E-state index contributed by atoms with van der Waals surface area (Å²) >= 11 is 0. The lowest BCUT2D eigenvalue weighted by atomic mass is 10.0. The van der Waals surface area contributed by atoms with E-state index >= 15 is 0 Å². The zero-order valence-electron chi connectivity index (χ0n) is 13.3. The van der Waals surface area contributed by atoms with Gasteiger partial charge in [-0.05, 0) is 55.0 Å². The molecule has 0 saturated carbocycles. The van der Waals surface area contributed by atoms with E-state index in [1.54, 1.807) is 0 Å². The van der Waals surface area contributed by atoms with E-state index in [4.69, 9.17) is 0 Å². The molecule has 0 saturated heterocycles. The van der Waals surface area contributed by atoms with Crippen molar-refractivity contribution in [3.05, 3.63) is 70.0 Å². The van der Waals surface area contributed by atoms with Crippen molar-refractivity contribution in [1.29, 1.82) is 0 Å². The molecular formula is C19H24FN. The number of nitrogens with one attached hydrogen (secondary N) is 1. The quantitative estimate of drug-likeness (QED) is 0.827. The Kier molecular flexibility index (Phi) is 5.13. The molecule has 0 radical (unpaired) electrons. The fraction of sp³-hybridized carbons (Fsp3) is 0.368. The predicted molar refractivity (Wildman–Crippen MR) is 86.9 cm³/mol. The topological polar surface area (TPSA) is 12.0 Å². The third kappa shape index (κ3) is 3.92. The number of halogens is 1. The van der Waals surface area contributed by atoms with E-state index in [1.165, 1.54) is 11.1 Å². The van der Waals surface area contributed by atoms with Crippen molar-refractivity contribution in [1.82, 2.24) is 5.32 Å². The van der Waals surface area contributed by atoms with Gasteiger partial charge in [0.25, 0.3) is 0 Å². The molecule has 2 heteroatoms. The fourth-order valence-corrected chi connectivity index (χ4v) is 2.57. The largest absolute Gasteiger partial charge is 0.306 e. The van der Waals surface area contributed by atoms with Crippen LogP contribution in [0.4, 0.5) is 4.39 Å². The number of benzene rings is 2. The van der Waals surface area contributed by atoms with Gasteiger partial charge >= 0.3 is 0 Å². The van der Waals surface area contributed by atoms with Crippen LogP contribution in [0.3, 0.4) is 0 Å². The van der Waals surface area contributed by atoms with E-state index < -0.39 is 0 Å². The number of hydrogen-bond acceptors (Lipinski definition) is 1. The lowest BCUT2D eigenvalue weighted by Crippen LogP contribution is -2.18. The lowest BCUT2D eigenvalue weighted by Gasteiger charge is -2.15. The maximum atomic E-state index is 13.6. The Labute approximate surface area is 127 Å². The summed E-state index contributed by atoms with van der Waals surface area (Å²) < 4.78 is 13.6. The molecule has 2 rings (SSSR count). The average molecular weight is 285 g/mol. The normalized spacial score (nSPS) is 12.4. The smallest absolute Gasteiger partial charge is 0.129 e. The molecule has 0 amide bonds. The molecule has 0 fully saturated rings.